The van der Waals surface area contributed by atoms with E-state index >= 15 is 0 Å². The van der Waals surface area contributed by atoms with Gasteiger partial charge in [0.05, 0.1) is 25.7 Å². The second kappa shape index (κ2) is 8.68. The number of ether oxygens (including phenoxy) is 1. The van der Waals surface area contributed by atoms with E-state index in [1.807, 2.05) is 31.2 Å². The van der Waals surface area contributed by atoms with E-state index < -0.39 is 0 Å². The fourth-order valence-electron chi connectivity index (χ4n) is 3.20. The molecular formula is C19H25N5O3. The van der Waals surface area contributed by atoms with Crippen LogP contribution in [0.1, 0.15) is 22.6 Å². The number of aryl methyl sites for hydroxylation is 1. The van der Waals surface area contributed by atoms with Crippen LogP contribution >= 0.6 is 0 Å². The number of hydrogen-bond donors (Lipinski definition) is 2. The molecule has 27 heavy (non-hydrogen) atoms. The summed E-state index contributed by atoms with van der Waals surface area (Å²) >= 11 is 0. The van der Waals surface area contributed by atoms with Gasteiger partial charge in [0.1, 0.15) is 11.4 Å². The number of benzene rings is 1. The number of nitrogens with zero attached hydrogens (tertiary/aromatic N) is 3. The number of rotatable bonds is 5. The first kappa shape index (κ1) is 18.9. The van der Waals surface area contributed by atoms with Crippen molar-refractivity contribution in [3.05, 3.63) is 42.0 Å². The second-order valence-corrected chi connectivity index (χ2v) is 6.55. The third-order valence-electron chi connectivity index (χ3n) is 4.66. The Bertz CT molecular complexity index is 804. The molecule has 2 heterocycles. The molecule has 3 rings (SSSR count). The van der Waals surface area contributed by atoms with E-state index in [0.29, 0.717) is 36.8 Å². The molecule has 0 unspecified atom stereocenters. The van der Waals surface area contributed by atoms with Crippen molar-refractivity contribution >= 4 is 17.5 Å². The summed E-state index contributed by atoms with van der Waals surface area (Å²) in [6.07, 6.45) is 2.35. The maximum atomic E-state index is 12.6. The van der Waals surface area contributed by atoms with E-state index in [-0.39, 0.29) is 18.4 Å². The number of methoxy groups -OCH3 is 1. The summed E-state index contributed by atoms with van der Waals surface area (Å²) in [7, 11) is 1.58. The predicted octanol–water partition coefficient (Wildman–Crippen LogP) is 1.51. The minimum atomic E-state index is -0.0950. The highest BCUT2D eigenvalue weighted by atomic mass is 16.5. The molecule has 1 aliphatic heterocycles. The molecule has 8 nitrogen and oxygen atoms in total. The molecule has 1 aromatic heterocycles. The Kier molecular flexibility index (Phi) is 6.08. The number of hydrogen-bond acceptors (Lipinski definition) is 5. The van der Waals surface area contributed by atoms with Crippen molar-refractivity contribution in [2.45, 2.75) is 13.3 Å². The Morgan fingerprint density at radius 1 is 1.22 bits per heavy atom. The van der Waals surface area contributed by atoms with Gasteiger partial charge >= 0.3 is 0 Å². The summed E-state index contributed by atoms with van der Waals surface area (Å²) in [5.74, 6) is 0.476. The van der Waals surface area contributed by atoms with E-state index in [1.165, 1.54) is 6.33 Å². The van der Waals surface area contributed by atoms with Gasteiger partial charge in [-0.15, -0.1) is 0 Å². The lowest BCUT2D eigenvalue weighted by Crippen LogP contribution is -2.38. The zero-order valence-electron chi connectivity index (χ0n) is 15.7. The number of anilines is 1. The SMILES string of the molecule is COc1ccccc1NC(=O)CN1CCCN(C(=O)c2nc[nH]c2C)CC1. The van der Waals surface area contributed by atoms with Crippen LogP contribution in [0.2, 0.25) is 0 Å². The Morgan fingerprint density at radius 2 is 2.04 bits per heavy atom. The number of H-pyrrole nitrogens is 1. The van der Waals surface area contributed by atoms with Crippen molar-refractivity contribution in [1.82, 2.24) is 19.8 Å². The highest BCUT2D eigenvalue weighted by molar-refractivity contribution is 5.94. The third-order valence-corrected chi connectivity index (χ3v) is 4.66. The van der Waals surface area contributed by atoms with Gasteiger partial charge in [0.25, 0.3) is 5.91 Å². The van der Waals surface area contributed by atoms with Gasteiger partial charge in [-0.2, -0.15) is 0 Å². The van der Waals surface area contributed by atoms with Crippen LogP contribution in [0.3, 0.4) is 0 Å². The summed E-state index contributed by atoms with van der Waals surface area (Å²) in [4.78, 5) is 35.9. The standard InChI is InChI=1S/C19H25N5O3/c1-14-18(21-13-20-14)19(26)24-9-5-8-23(10-11-24)12-17(25)22-15-6-3-4-7-16(15)27-2/h3-4,6-7,13H,5,8-12H2,1-2H3,(H,20,21)(H,22,25). The van der Waals surface area contributed by atoms with Gasteiger partial charge in [-0.25, -0.2) is 4.98 Å². The molecule has 0 spiro atoms. The molecule has 0 radical (unpaired) electrons. The number of nitrogens with one attached hydrogen (secondary N) is 2. The Balaban J connectivity index is 1.54. The molecule has 0 saturated carbocycles. The van der Waals surface area contributed by atoms with Crippen LogP contribution in [0.15, 0.2) is 30.6 Å². The van der Waals surface area contributed by atoms with Gasteiger partial charge in [0.15, 0.2) is 0 Å². The maximum absolute atomic E-state index is 12.6. The molecule has 1 aliphatic rings. The summed E-state index contributed by atoms with van der Waals surface area (Å²) in [5.41, 5.74) is 1.90. The zero-order valence-corrected chi connectivity index (χ0v) is 15.7. The normalized spacial score (nSPS) is 15.3. The predicted molar refractivity (Wildman–Crippen MR) is 102 cm³/mol. The van der Waals surface area contributed by atoms with Crippen molar-refractivity contribution in [1.29, 1.82) is 0 Å². The van der Waals surface area contributed by atoms with E-state index in [4.69, 9.17) is 4.74 Å². The fraction of sp³-hybridized carbons (Fsp3) is 0.421. The van der Waals surface area contributed by atoms with Gasteiger partial charge in [-0.05, 0) is 25.5 Å². The zero-order chi connectivity index (χ0) is 19.2. The quantitative estimate of drug-likeness (QED) is 0.832. The first-order valence-electron chi connectivity index (χ1n) is 9.03. The monoisotopic (exact) mass is 371 g/mol. The molecule has 0 atom stereocenters. The number of carbonyl (C=O) groups is 2. The topological polar surface area (TPSA) is 90.6 Å². The number of aromatic amines is 1. The Labute approximate surface area is 158 Å². The van der Waals surface area contributed by atoms with Crippen LogP contribution < -0.4 is 10.1 Å². The highest BCUT2D eigenvalue weighted by Crippen LogP contribution is 2.22. The van der Waals surface area contributed by atoms with E-state index in [1.54, 1.807) is 12.0 Å². The minimum Gasteiger partial charge on any atom is -0.495 e. The molecule has 0 bridgehead atoms. The molecular weight excluding hydrogens is 346 g/mol. The van der Waals surface area contributed by atoms with Gasteiger partial charge in [0.2, 0.25) is 5.91 Å². The molecule has 2 N–H and O–H groups in total. The summed E-state index contributed by atoms with van der Waals surface area (Å²) in [6, 6.07) is 7.33. The molecule has 8 heteroatoms. The number of aromatic nitrogens is 2. The van der Waals surface area contributed by atoms with Gasteiger partial charge < -0.3 is 19.9 Å². The first-order chi connectivity index (χ1) is 13.1. The highest BCUT2D eigenvalue weighted by Gasteiger charge is 2.23. The number of carbonyl (C=O) groups excluding carboxylic acids is 2. The molecule has 2 amide bonds. The smallest absolute Gasteiger partial charge is 0.274 e. The third kappa shape index (κ3) is 4.65. The maximum Gasteiger partial charge on any atom is 0.274 e. The second-order valence-electron chi connectivity index (χ2n) is 6.55. The lowest BCUT2D eigenvalue weighted by molar-refractivity contribution is -0.117. The van der Waals surface area contributed by atoms with Gasteiger partial charge in [0, 0.05) is 31.9 Å². The van der Waals surface area contributed by atoms with Gasteiger partial charge in [-0.1, -0.05) is 12.1 Å². The van der Waals surface area contributed by atoms with Gasteiger partial charge in [-0.3, -0.25) is 14.5 Å². The average Bonchev–Trinajstić information content (AvgIpc) is 2.96. The van der Waals surface area contributed by atoms with Crippen molar-refractivity contribution in [2.75, 3.05) is 45.2 Å². The average molecular weight is 371 g/mol. The molecule has 0 aliphatic carbocycles. The molecule has 144 valence electrons. The number of para-hydroxylation sites is 2. The summed E-state index contributed by atoms with van der Waals surface area (Å²) in [6.45, 7) is 4.77. The largest absolute Gasteiger partial charge is 0.495 e. The summed E-state index contributed by atoms with van der Waals surface area (Å²) in [5, 5.41) is 2.89. The van der Waals surface area contributed by atoms with E-state index in [0.717, 1.165) is 18.7 Å². The molecule has 2 aromatic rings. The lowest BCUT2D eigenvalue weighted by atomic mass is 10.3. The van der Waals surface area contributed by atoms with Crippen molar-refractivity contribution in [3.8, 4) is 5.75 Å². The first-order valence-corrected chi connectivity index (χ1v) is 9.03. The Hall–Kier alpha value is -2.87. The summed E-state index contributed by atoms with van der Waals surface area (Å²) < 4.78 is 5.26. The Morgan fingerprint density at radius 3 is 2.78 bits per heavy atom. The minimum absolute atomic E-state index is 0.0610. The number of amides is 2. The molecule has 1 saturated heterocycles. The molecule has 1 fully saturated rings. The van der Waals surface area contributed by atoms with Crippen molar-refractivity contribution in [2.24, 2.45) is 0 Å². The van der Waals surface area contributed by atoms with Crippen LogP contribution in [0.4, 0.5) is 5.69 Å². The van der Waals surface area contributed by atoms with Crippen LogP contribution in [0, 0.1) is 6.92 Å². The number of imidazole rings is 1. The fourth-order valence-corrected chi connectivity index (χ4v) is 3.20. The molecule has 1 aromatic carbocycles. The lowest BCUT2D eigenvalue weighted by Gasteiger charge is -2.21. The van der Waals surface area contributed by atoms with Crippen LogP contribution in [0.25, 0.3) is 0 Å². The van der Waals surface area contributed by atoms with Crippen LogP contribution in [-0.2, 0) is 4.79 Å². The van der Waals surface area contributed by atoms with Crippen molar-refractivity contribution < 1.29 is 14.3 Å². The van der Waals surface area contributed by atoms with Crippen LogP contribution in [-0.4, -0.2) is 71.4 Å². The van der Waals surface area contributed by atoms with E-state index in [2.05, 4.69) is 20.2 Å². The van der Waals surface area contributed by atoms with Crippen molar-refractivity contribution in [3.63, 3.8) is 0 Å². The van der Waals surface area contributed by atoms with Crippen LogP contribution in [0.5, 0.6) is 5.75 Å². The van der Waals surface area contributed by atoms with E-state index in [9.17, 15) is 9.59 Å².